The van der Waals surface area contributed by atoms with E-state index < -0.39 is 18.1 Å². The predicted octanol–water partition coefficient (Wildman–Crippen LogP) is 2.64. The first-order chi connectivity index (χ1) is 9.65. The van der Waals surface area contributed by atoms with Crippen LogP contribution in [0.1, 0.15) is 52.4 Å². The summed E-state index contributed by atoms with van der Waals surface area (Å²) in [6.45, 7) is 4.36. The SMILES string of the molecule is C#CCOC(=O)NC(CCCC)C(=O)OCCCCC. The van der Waals surface area contributed by atoms with Gasteiger partial charge in [0, 0.05) is 0 Å². The Hall–Kier alpha value is -1.70. The molecule has 0 aromatic rings. The molecule has 0 aliphatic carbocycles. The summed E-state index contributed by atoms with van der Waals surface area (Å²) in [5.41, 5.74) is 0. The zero-order chi connectivity index (χ0) is 15.2. The van der Waals surface area contributed by atoms with E-state index in [0.29, 0.717) is 13.0 Å². The Bertz CT molecular complexity index is 322. The topological polar surface area (TPSA) is 64.6 Å². The summed E-state index contributed by atoms with van der Waals surface area (Å²) < 4.78 is 9.86. The molecule has 1 unspecified atom stereocenters. The van der Waals surface area contributed by atoms with Crippen molar-refractivity contribution in [3.05, 3.63) is 0 Å². The Morgan fingerprint density at radius 3 is 2.45 bits per heavy atom. The van der Waals surface area contributed by atoms with Gasteiger partial charge in [-0.15, -0.1) is 6.42 Å². The van der Waals surface area contributed by atoms with E-state index in [2.05, 4.69) is 18.2 Å². The lowest BCUT2D eigenvalue weighted by molar-refractivity contribution is -0.146. The van der Waals surface area contributed by atoms with Crippen molar-refractivity contribution in [3.63, 3.8) is 0 Å². The highest BCUT2D eigenvalue weighted by molar-refractivity contribution is 5.81. The van der Waals surface area contributed by atoms with Gasteiger partial charge in [0.05, 0.1) is 6.61 Å². The highest BCUT2D eigenvalue weighted by atomic mass is 16.6. The Morgan fingerprint density at radius 2 is 1.85 bits per heavy atom. The van der Waals surface area contributed by atoms with Gasteiger partial charge in [0.1, 0.15) is 6.04 Å². The van der Waals surface area contributed by atoms with Crippen LogP contribution >= 0.6 is 0 Å². The van der Waals surface area contributed by atoms with E-state index in [1.807, 2.05) is 6.92 Å². The Morgan fingerprint density at radius 1 is 1.15 bits per heavy atom. The molecule has 1 amide bonds. The van der Waals surface area contributed by atoms with Gasteiger partial charge in [-0.25, -0.2) is 9.59 Å². The van der Waals surface area contributed by atoms with Gasteiger partial charge in [0.15, 0.2) is 6.61 Å². The number of nitrogens with one attached hydrogen (secondary N) is 1. The molecule has 0 rings (SSSR count). The van der Waals surface area contributed by atoms with E-state index >= 15 is 0 Å². The zero-order valence-corrected chi connectivity index (χ0v) is 12.4. The van der Waals surface area contributed by atoms with Crippen molar-refractivity contribution in [1.29, 1.82) is 0 Å². The van der Waals surface area contributed by atoms with E-state index in [-0.39, 0.29) is 6.61 Å². The minimum atomic E-state index is -0.686. The fraction of sp³-hybridized carbons (Fsp3) is 0.733. The second-order valence-electron chi connectivity index (χ2n) is 4.49. The molecular weight excluding hydrogens is 258 g/mol. The first kappa shape index (κ1) is 18.3. The minimum Gasteiger partial charge on any atom is -0.464 e. The number of ether oxygens (including phenoxy) is 2. The van der Waals surface area contributed by atoms with Crippen LogP contribution in [0.25, 0.3) is 0 Å². The van der Waals surface area contributed by atoms with Crippen molar-refractivity contribution < 1.29 is 19.1 Å². The second kappa shape index (κ2) is 12.3. The predicted molar refractivity (Wildman–Crippen MR) is 77.1 cm³/mol. The molecule has 20 heavy (non-hydrogen) atoms. The molecule has 1 N–H and O–H groups in total. The lowest BCUT2D eigenvalue weighted by atomic mass is 10.1. The van der Waals surface area contributed by atoms with Crippen molar-refractivity contribution in [3.8, 4) is 12.3 Å². The summed E-state index contributed by atoms with van der Waals surface area (Å²) in [5, 5.41) is 2.50. The van der Waals surface area contributed by atoms with Crippen LogP contribution in [0.2, 0.25) is 0 Å². The van der Waals surface area contributed by atoms with Gasteiger partial charge in [-0.05, 0) is 12.8 Å². The first-order valence-corrected chi connectivity index (χ1v) is 7.19. The molecule has 0 saturated carbocycles. The largest absolute Gasteiger partial charge is 0.464 e. The molecule has 5 nitrogen and oxygen atoms in total. The van der Waals surface area contributed by atoms with E-state index in [1.165, 1.54) is 0 Å². The highest BCUT2D eigenvalue weighted by Crippen LogP contribution is 2.04. The summed E-state index contributed by atoms with van der Waals surface area (Å²) in [4.78, 5) is 23.3. The average Bonchev–Trinajstić information content (AvgIpc) is 2.45. The normalized spacial score (nSPS) is 11.2. The molecule has 0 spiro atoms. The maximum absolute atomic E-state index is 11.9. The number of hydrogen-bond acceptors (Lipinski definition) is 4. The van der Waals surface area contributed by atoms with Crippen molar-refractivity contribution in [2.24, 2.45) is 0 Å². The average molecular weight is 283 g/mol. The number of esters is 1. The fourth-order valence-corrected chi connectivity index (χ4v) is 1.57. The number of unbranched alkanes of at least 4 members (excludes halogenated alkanes) is 3. The maximum Gasteiger partial charge on any atom is 0.408 e. The number of carbonyl (C=O) groups is 2. The summed E-state index contributed by atoms with van der Waals surface area (Å²) in [6.07, 6.45) is 9.52. The summed E-state index contributed by atoms with van der Waals surface area (Å²) in [5.74, 6) is 1.78. The van der Waals surface area contributed by atoms with Crippen molar-refractivity contribution in [2.75, 3.05) is 13.2 Å². The lowest BCUT2D eigenvalue weighted by Gasteiger charge is -2.16. The van der Waals surface area contributed by atoms with E-state index in [9.17, 15) is 9.59 Å². The third-order valence-corrected chi connectivity index (χ3v) is 2.70. The summed E-state index contributed by atoms with van der Waals surface area (Å²) >= 11 is 0. The number of rotatable bonds is 10. The van der Waals surface area contributed by atoms with Crippen LogP contribution in [-0.4, -0.2) is 31.3 Å². The van der Waals surface area contributed by atoms with Crippen LogP contribution in [0, 0.1) is 12.3 Å². The molecule has 0 saturated heterocycles. The lowest BCUT2D eigenvalue weighted by Crippen LogP contribution is -2.42. The molecule has 114 valence electrons. The van der Waals surface area contributed by atoms with Gasteiger partial charge < -0.3 is 14.8 Å². The molecule has 0 aliphatic rings. The monoisotopic (exact) mass is 283 g/mol. The third kappa shape index (κ3) is 9.26. The molecule has 0 aromatic heterocycles. The number of carbonyl (C=O) groups excluding carboxylic acids is 2. The summed E-state index contributed by atoms with van der Waals surface area (Å²) in [6, 6.07) is -0.665. The van der Waals surface area contributed by atoms with Crippen molar-refractivity contribution in [2.45, 2.75) is 58.4 Å². The number of hydrogen-bond donors (Lipinski definition) is 1. The van der Waals surface area contributed by atoms with Crippen LogP contribution in [0.4, 0.5) is 4.79 Å². The molecule has 0 radical (unpaired) electrons. The Kier molecular flexibility index (Phi) is 11.3. The van der Waals surface area contributed by atoms with Crippen LogP contribution in [-0.2, 0) is 14.3 Å². The fourth-order valence-electron chi connectivity index (χ4n) is 1.57. The first-order valence-electron chi connectivity index (χ1n) is 7.19. The number of terminal acetylenes is 1. The molecular formula is C15H25NO4. The smallest absolute Gasteiger partial charge is 0.408 e. The number of amides is 1. The molecule has 0 aromatic carbocycles. The van der Waals surface area contributed by atoms with Gasteiger partial charge in [0.2, 0.25) is 0 Å². The molecule has 1 atom stereocenters. The molecule has 0 fully saturated rings. The second-order valence-corrected chi connectivity index (χ2v) is 4.49. The van der Waals surface area contributed by atoms with Crippen molar-refractivity contribution in [1.82, 2.24) is 5.32 Å². The minimum absolute atomic E-state index is 0.113. The maximum atomic E-state index is 11.9. The van der Waals surface area contributed by atoms with Gasteiger partial charge in [-0.3, -0.25) is 0 Å². The summed E-state index contributed by atoms with van der Waals surface area (Å²) in [7, 11) is 0. The standard InChI is InChI=1S/C15H25NO4/c1-4-7-9-12-19-14(17)13(10-8-5-2)16-15(18)20-11-6-3/h3,13H,4-5,7-12H2,1-2H3,(H,16,18). The third-order valence-electron chi connectivity index (χ3n) is 2.70. The molecule has 0 bridgehead atoms. The van der Waals surface area contributed by atoms with E-state index in [4.69, 9.17) is 15.9 Å². The van der Waals surface area contributed by atoms with Gasteiger partial charge in [-0.1, -0.05) is 45.5 Å². The molecule has 5 heteroatoms. The zero-order valence-electron chi connectivity index (χ0n) is 12.4. The van der Waals surface area contributed by atoms with Crippen molar-refractivity contribution >= 4 is 12.1 Å². The Balaban J connectivity index is 4.20. The van der Waals surface area contributed by atoms with Crippen LogP contribution in [0.15, 0.2) is 0 Å². The van der Waals surface area contributed by atoms with Crippen LogP contribution in [0.3, 0.4) is 0 Å². The number of alkyl carbamates (subject to hydrolysis) is 1. The van der Waals surface area contributed by atoms with Crippen LogP contribution in [0.5, 0.6) is 0 Å². The Labute approximate surface area is 121 Å². The quantitative estimate of drug-likeness (QED) is 0.380. The highest BCUT2D eigenvalue weighted by Gasteiger charge is 2.22. The molecule has 0 heterocycles. The van der Waals surface area contributed by atoms with E-state index in [0.717, 1.165) is 32.1 Å². The van der Waals surface area contributed by atoms with Gasteiger partial charge in [-0.2, -0.15) is 0 Å². The van der Waals surface area contributed by atoms with E-state index in [1.54, 1.807) is 0 Å². The van der Waals surface area contributed by atoms with Crippen LogP contribution < -0.4 is 5.32 Å². The van der Waals surface area contributed by atoms with Gasteiger partial charge >= 0.3 is 12.1 Å². The molecule has 0 aliphatic heterocycles. The van der Waals surface area contributed by atoms with Gasteiger partial charge in [0.25, 0.3) is 0 Å².